The van der Waals surface area contributed by atoms with Gasteiger partial charge in [0.05, 0.1) is 5.70 Å². The van der Waals surface area contributed by atoms with E-state index in [4.69, 9.17) is 16.7 Å². The van der Waals surface area contributed by atoms with Crippen LogP contribution in [0.25, 0.3) is 11.3 Å². The van der Waals surface area contributed by atoms with Crippen molar-refractivity contribution in [3.05, 3.63) is 63.3 Å². The molecule has 0 fully saturated rings. The van der Waals surface area contributed by atoms with Gasteiger partial charge in [-0.05, 0) is 41.1 Å². The zero-order chi connectivity index (χ0) is 18.0. The Morgan fingerprint density at radius 1 is 1.40 bits per heavy atom. The van der Waals surface area contributed by atoms with E-state index in [1.807, 2.05) is 12.2 Å². The maximum absolute atomic E-state index is 12.4. The van der Waals surface area contributed by atoms with Crippen molar-refractivity contribution in [1.82, 2.24) is 24.8 Å². The monoisotopic (exact) mass is 359 g/mol. The standard InChI is InChI=1S/C16H14ClN5O3/c1-10-5-11(6-15(23)21(10)8-16(24)25)13-7-12(17)3-2-4-14(13)22-9-18-19-20-22/h2,4-7,9H,3,8H2,1H3,(H,24,25). The van der Waals surface area contributed by atoms with Gasteiger partial charge in [0.25, 0.3) is 5.56 Å². The van der Waals surface area contributed by atoms with Gasteiger partial charge in [0.15, 0.2) is 0 Å². The summed E-state index contributed by atoms with van der Waals surface area (Å²) >= 11 is 6.23. The predicted molar refractivity (Wildman–Crippen MR) is 91.7 cm³/mol. The third-order valence-electron chi connectivity index (χ3n) is 3.70. The van der Waals surface area contributed by atoms with E-state index in [9.17, 15) is 9.59 Å². The molecule has 128 valence electrons. The molecule has 0 aliphatic heterocycles. The van der Waals surface area contributed by atoms with Crippen LogP contribution in [-0.4, -0.2) is 35.9 Å². The Labute approximate surface area is 147 Å². The molecule has 1 aliphatic carbocycles. The van der Waals surface area contributed by atoms with Crippen LogP contribution < -0.4 is 5.56 Å². The van der Waals surface area contributed by atoms with Crippen LogP contribution in [0.15, 0.2) is 46.5 Å². The number of aliphatic carboxylic acids is 1. The van der Waals surface area contributed by atoms with Gasteiger partial charge in [-0.15, -0.1) is 5.10 Å². The lowest BCUT2D eigenvalue weighted by atomic mass is 10.0. The Morgan fingerprint density at radius 3 is 2.84 bits per heavy atom. The van der Waals surface area contributed by atoms with Crippen LogP contribution in [0, 0.1) is 6.92 Å². The van der Waals surface area contributed by atoms with Crippen molar-refractivity contribution in [3.8, 4) is 0 Å². The molecule has 0 spiro atoms. The summed E-state index contributed by atoms with van der Waals surface area (Å²) in [7, 11) is 0. The Bertz CT molecular complexity index is 970. The fourth-order valence-corrected chi connectivity index (χ4v) is 2.79. The van der Waals surface area contributed by atoms with Gasteiger partial charge >= 0.3 is 5.97 Å². The zero-order valence-electron chi connectivity index (χ0n) is 13.3. The molecular weight excluding hydrogens is 346 g/mol. The number of rotatable bonds is 4. The van der Waals surface area contributed by atoms with E-state index in [0.29, 0.717) is 34.0 Å². The van der Waals surface area contributed by atoms with Crippen molar-refractivity contribution in [2.24, 2.45) is 0 Å². The highest BCUT2D eigenvalue weighted by atomic mass is 35.5. The van der Waals surface area contributed by atoms with E-state index >= 15 is 0 Å². The van der Waals surface area contributed by atoms with Crippen LogP contribution in [0.3, 0.4) is 0 Å². The van der Waals surface area contributed by atoms with Crippen molar-refractivity contribution >= 4 is 28.8 Å². The molecule has 0 bridgehead atoms. The summed E-state index contributed by atoms with van der Waals surface area (Å²) in [6.07, 6.45) is 7.46. The second-order valence-electron chi connectivity index (χ2n) is 5.45. The summed E-state index contributed by atoms with van der Waals surface area (Å²) in [5.74, 6) is -1.08. The third-order valence-corrected chi connectivity index (χ3v) is 3.96. The lowest BCUT2D eigenvalue weighted by molar-refractivity contribution is -0.137. The van der Waals surface area contributed by atoms with Crippen molar-refractivity contribution < 1.29 is 9.90 Å². The minimum Gasteiger partial charge on any atom is -0.480 e. The molecule has 1 N–H and O–H groups in total. The van der Waals surface area contributed by atoms with E-state index in [1.165, 1.54) is 21.6 Å². The molecule has 0 aromatic carbocycles. The van der Waals surface area contributed by atoms with Gasteiger partial charge < -0.3 is 9.67 Å². The van der Waals surface area contributed by atoms with Gasteiger partial charge in [0.1, 0.15) is 12.9 Å². The van der Waals surface area contributed by atoms with Crippen LogP contribution in [0.5, 0.6) is 0 Å². The normalized spacial score (nSPS) is 14.4. The van der Waals surface area contributed by atoms with Gasteiger partial charge in [-0.25, -0.2) is 0 Å². The molecule has 3 rings (SSSR count). The molecule has 0 saturated carbocycles. The number of nitrogens with zero attached hydrogens (tertiary/aromatic N) is 5. The quantitative estimate of drug-likeness (QED) is 0.890. The van der Waals surface area contributed by atoms with Crippen molar-refractivity contribution in [2.75, 3.05) is 0 Å². The topological polar surface area (TPSA) is 103 Å². The number of carboxylic acids is 1. The molecule has 2 aromatic rings. The van der Waals surface area contributed by atoms with Gasteiger partial charge in [-0.3, -0.25) is 9.59 Å². The Morgan fingerprint density at radius 2 is 2.20 bits per heavy atom. The van der Waals surface area contributed by atoms with E-state index in [-0.39, 0.29) is 6.54 Å². The van der Waals surface area contributed by atoms with Crippen LogP contribution >= 0.6 is 11.6 Å². The summed E-state index contributed by atoms with van der Waals surface area (Å²) in [6.45, 7) is 1.29. The predicted octanol–water partition coefficient (Wildman–Crippen LogP) is 1.68. The average molecular weight is 360 g/mol. The number of hydrogen-bond donors (Lipinski definition) is 1. The van der Waals surface area contributed by atoms with Gasteiger partial charge in [-0.1, -0.05) is 17.7 Å². The molecule has 2 aromatic heterocycles. The number of aryl methyl sites for hydroxylation is 1. The molecule has 8 nitrogen and oxygen atoms in total. The second kappa shape index (κ2) is 6.86. The lowest BCUT2D eigenvalue weighted by Gasteiger charge is -2.12. The summed E-state index contributed by atoms with van der Waals surface area (Å²) < 4.78 is 2.68. The summed E-state index contributed by atoms with van der Waals surface area (Å²) in [4.78, 5) is 23.3. The molecule has 0 amide bonds. The smallest absolute Gasteiger partial charge is 0.323 e. The number of halogens is 1. The zero-order valence-corrected chi connectivity index (χ0v) is 14.0. The SMILES string of the molecule is Cc1cc(C2=C(n3cnnn3)C=CCC(Cl)=C2)cc(=O)n1CC(=O)O. The largest absolute Gasteiger partial charge is 0.480 e. The summed E-state index contributed by atoms with van der Waals surface area (Å²) in [5.41, 5.74) is 2.08. The second-order valence-corrected chi connectivity index (χ2v) is 5.94. The summed E-state index contributed by atoms with van der Waals surface area (Å²) in [6, 6.07) is 3.12. The lowest BCUT2D eigenvalue weighted by Crippen LogP contribution is -2.26. The average Bonchev–Trinajstić information content (AvgIpc) is 3.00. The molecule has 2 heterocycles. The van der Waals surface area contributed by atoms with E-state index in [2.05, 4.69) is 15.5 Å². The number of carboxylic acid groups (broad SMARTS) is 1. The van der Waals surface area contributed by atoms with E-state index < -0.39 is 11.5 Å². The van der Waals surface area contributed by atoms with Crippen molar-refractivity contribution in [2.45, 2.75) is 19.9 Å². The molecule has 0 atom stereocenters. The minimum atomic E-state index is -1.08. The highest BCUT2D eigenvalue weighted by Crippen LogP contribution is 2.29. The number of hydrogen-bond acceptors (Lipinski definition) is 5. The van der Waals surface area contributed by atoms with E-state index in [0.717, 1.165) is 0 Å². The first-order valence-electron chi connectivity index (χ1n) is 7.39. The summed E-state index contributed by atoms with van der Waals surface area (Å²) in [5, 5.41) is 20.7. The number of tetrazole rings is 1. The third kappa shape index (κ3) is 3.58. The number of pyridine rings is 1. The van der Waals surface area contributed by atoms with Crippen molar-refractivity contribution in [3.63, 3.8) is 0 Å². The molecule has 0 saturated heterocycles. The van der Waals surface area contributed by atoms with Crippen LogP contribution in [0.2, 0.25) is 0 Å². The Hall–Kier alpha value is -3.00. The van der Waals surface area contributed by atoms with Crippen LogP contribution in [-0.2, 0) is 11.3 Å². The van der Waals surface area contributed by atoms with Crippen molar-refractivity contribution in [1.29, 1.82) is 0 Å². The Balaban J connectivity index is 2.21. The number of carbonyl (C=O) groups is 1. The van der Waals surface area contributed by atoms with Gasteiger partial charge in [-0.2, -0.15) is 4.68 Å². The highest BCUT2D eigenvalue weighted by Gasteiger charge is 2.15. The van der Waals surface area contributed by atoms with Gasteiger partial charge in [0.2, 0.25) is 0 Å². The first-order valence-corrected chi connectivity index (χ1v) is 7.77. The first kappa shape index (κ1) is 16.8. The molecule has 0 unspecified atom stereocenters. The van der Waals surface area contributed by atoms with Crippen LogP contribution in [0.1, 0.15) is 17.7 Å². The molecule has 0 radical (unpaired) electrons. The Kier molecular flexibility index (Phi) is 4.62. The number of aromatic nitrogens is 5. The number of allylic oxidation sites excluding steroid dienone is 6. The first-order chi connectivity index (χ1) is 12.0. The molecular formula is C16H14ClN5O3. The maximum atomic E-state index is 12.4. The molecule has 1 aliphatic rings. The van der Waals surface area contributed by atoms with Gasteiger partial charge in [0, 0.05) is 28.8 Å². The fourth-order valence-electron chi connectivity index (χ4n) is 2.59. The highest BCUT2D eigenvalue weighted by molar-refractivity contribution is 6.30. The molecule has 9 heteroatoms. The van der Waals surface area contributed by atoms with Crippen LogP contribution in [0.4, 0.5) is 0 Å². The fraction of sp³-hybridized carbons (Fsp3) is 0.188. The maximum Gasteiger partial charge on any atom is 0.323 e. The molecule has 25 heavy (non-hydrogen) atoms. The minimum absolute atomic E-state index is 0.389. The van der Waals surface area contributed by atoms with E-state index in [1.54, 1.807) is 19.1 Å².